The third-order valence-electron chi connectivity index (χ3n) is 2.32. The van der Waals surface area contributed by atoms with Crippen LogP contribution in [0.2, 0.25) is 0 Å². The first kappa shape index (κ1) is 11.5. The van der Waals surface area contributed by atoms with Crippen molar-refractivity contribution in [1.29, 1.82) is 0 Å². The molecule has 1 N–H and O–H groups in total. The van der Waals surface area contributed by atoms with E-state index in [2.05, 4.69) is 23.9 Å². The summed E-state index contributed by atoms with van der Waals surface area (Å²) in [6.45, 7) is 3.65. The Morgan fingerprint density at radius 1 is 1.27 bits per heavy atom. The van der Waals surface area contributed by atoms with Gasteiger partial charge in [-0.05, 0) is 31.2 Å². The van der Waals surface area contributed by atoms with E-state index in [1.807, 2.05) is 24.3 Å². The average molecular weight is 203 g/mol. The standard InChI is InChI=1S/C13H17NO/c1-2-3-9-13(14-15)11-10-12-7-5-4-6-8-12/h2,4-8,15H,1,3,9-11H2/b14-13-. The molecule has 2 nitrogen and oxygen atoms in total. The molecule has 0 aliphatic carbocycles. The van der Waals surface area contributed by atoms with Crippen LogP contribution in [0.15, 0.2) is 48.1 Å². The lowest BCUT2D eigenvalue weighted by atomic mass is 10.0. The molecule has 1 aromatic rings. The molecular formula is C13H17NO. The van der Waals surface area contributed by atoms with Crippen molar-refractivity contribution in [3.8, 4) is 0 Å². The van der Waals surface area contributed by atoms with Gasteiger partial charge in [-0.15, -0.1) is 6.58 Å². The molecule has 0 bridgehead atoms. The second-order valence-corrected chi connectivity index (χ2v) is 3.48. The Kier molecular flexibility index (Phi) is 5.23. The van der Waals surface area contributed by atoms with E-state index in [9.17, 15) is 0 Å². The van der Waals surface area contributed by atoms with Crippen LogP contribution in [0.4, 0.5) is 0 Å². The molecule has 0 heterocycles. The topological polar surface area (TPSA) is 32.6 Å². The third kappa shape index (κ3) is 4.45. The minimum absolute atomic E-state index is 0.798. The van der Waals surface area contributed by atoms with Crippen molar-refractivity contribution in [2.45, 2.75) is 25.7 Å². The molecule has 1 rings (SSSR count). The molecule has 0 unspecified atom stereocenters. The molecule has 0 aromatic heterocycles. The van der Waals surface area contributed by atoms with Gasteiger partial charge in [-0.2, -0.15) is 0 Å². The largest absolute Gasteiger partial charge is 0.411 e. The maximum absolute atomic E-state index is 8.78. The summed E-state index contributed by atoms with van der Waals surface area (Å²) in [4.78, 5) is 0. The molecule has 0 fully saturated rings. The van der Waals surface area contributed by atoms with Crippen molar-refractivity contribution in [3.63, 3.8) is 0 Å². The van der Waals surface area contributed by atoms with Crippen LogP contribution in [0.5, 0.6) is 0 Å². The zero-order valence-electron chi connectivity index (χ0n) is 8.89. The summed E-state index contributed by atoms with van der Waals surface area (Å²) >= 11 is 0. The van der Waals surface area contributed by atoms with Crippen LogP contribution in [-0.4, -0.2) is 10.9 Å². The maximum atomic E-state index is 8.78. The molecule has 1 aromatic carbocycles. The van der Waals surface area contributed by atoms with Crippen molar-refractivity contribution in [2.24, 2.45) is 5.16 Å². The SMILES string of the molecule is C=CCC/C(CCc1ccccc1)=N/O. The zero-order valence-corrected chi connectivity index (χ0v) is 8.89. The highest BCUT2D eigenvalue weighted by atomic mass is 16.4. The van der Waals surface area contributed by atoms with Crippen LogP contribution in [-0.2, 0) is 6.42 Å². The molecule has 0 amide bonds. The van der Waals surface area contributed by atoms with Gasteiger partial charge >= 0.3 is 0 Å². The molecule has 15 heavy (non-hydrogen) atoms. The van der Waals surface area contributed by atoms with Crippen LogP contribution in [0.3, 0.4) is 0 Å². The highest BCUT2D eigenvalue weighted by molar-refractivity contribution is 5.84. The van der Waals surface area contributed by atoms with E-state index >= 15 is 0 Å². The van der Waals surface area contributed by atoms with Crippen molar-refractivity contribution in [2.75, 3.05) is 0 Å². The summed E-state index contributed by atoms with van der Waals surface area (Å²) in [6.07, 6.45) is 5.25. The van der Waals surface area contributed by atoms with Gasteiger partial charge in [0.25, 0.3) is 0 Å². The lowest BCUT2D eigenvalue weighted by Gasteiger charge is -2.02. The fourth-order valence-corrected chi connectivity index (χ4v) is 1.43. The molecule has 0 aliphatic heterocycles. The van der Waals surface area contributed by atoms with E-state index in [1.54, 1.807) is 0 Å². The van der Waals surface area contributed by atoms with Gasteiger partial charge < -0.3 is 5.21 Å². The number of allylic oxidation sites excluding steroid dienone is 1. The first-order chi connectivity index (χ1) is 7.36. The van der Waals surface area contributed by atoms with E-state index in [1.165, 1.54) is 5.56 Å². The summed E-state index contributed by atoms with van der Waals surface area (Å²) in [5.41, 5.74) is 2.12. The second-order valence-electron chi connectivity index (χ2n) is 3.48. The number of rotatable bonds is 6. The molecular weight excluding hydrogens is 186 g/mol. The fraction of sp³-hybridized carbons (Fsp3) is 0.308. The Balaban J connectivity index is 2.38. The molecule has 0 atom stereocenters. The van der Waals surface area contributed by atoms with Gasteiger partial charge in [-0.25, -0.2) is 0 Å². The highest BCUT2D eigenvalue weighted by Gasteiger charge is 2.00. The number of nitrogens with zero attached hydrogens (tertiary/aromatic N) is 1. The normalized spacial score (nSPS) is 11.3. The predicted molar refractivity (Wildman–Crippen MR) is 63.4 cm³/mol. The van der Waals surface area contributed by atoms with Crippen molar-refractivity contribution in [1.82, 2.24) is 0 Å². The van der Waals surface area contributed by atoms with Crippen LogP contribution >= 0.6 is 0 Å². The third-order valence-corrected chi connectivity index (χ3v) is 2.32. The van der Waals surface area contributed by atoms with Gasteiger partial charge in [-0.1, -0.05) is 41.6 Å². The lowest BCUT2D eigenvalue weighted by Crippen LogP contribution is -2.00. The summed E-state index contributed by atoms with van der Waals surface area (Å²) in [5, 5.41) is 12.1. The minimum Gasteiger partial charge on any atom is -0.411 e. The number of hydrogen-bond donors (Lipinski definition) is 1. The minimum atomic E-state index is 0.798. The second kappa shape index (κ2) is 6.82. The van der Waals surface area contributed by atoms with Gasteiger partial charge in [0.15, 0.2) is 0 Å². The van der Waals surface area contributed by atoms with Crippen LogP contribution in [0, 0.1) is 0 Å². The molecule has 2 heteroatoms. The Morgan fingerprint density at radius 3 is 2.60 bits per heavy atom. The monoisotopic (exact) mass is 203 g/mol. The smallest absolute Gasteiger partial charge is 0.0577 e. The van der Waals surface area contributed by atoms with E-state index in [4.69, 9.17) is 5.21 Å². The number of aryl methyl sites for hydroxylation is 1. The van der Waals surface area contributed by atoms with Crippen LogP contribution in [0.1, 0.15) is 24.8 Å². The predicted octanol–water partition coefficient (Wildman–Crippen LogP) is 3.42. The van der Waals surface area contributed by atoms with E-state index in [0.29, 0.717) is 0 Å². The van der Waals surface area contributed by atoms with Crippen LogP contribution in [0.25, 0.3) is 0 Å². The Bertz CT molecular complexity index is 317. The molecule has 0 aliphatic rings. The molecule has 0 saturated heterocycles. The lowest BCUT2D eigenvalue weighted by molar-refractivity contribution is 0.316. The van der Waals surface area contributed by atoms with E-state index in [-0.39, 0.29) is 0 Å². The quantitative estimate of drug-likeness (QED) is 0.327. The maximum Gasteiger partial charge on any atom is 0.0577 e. The molecule has 0 radical (unpaired) electrons. The average Bonchev–Trinajstić information content (AvgIpc) is 2.31. The summed E-state index contributed by atoms with van der Waals surface area (Å²) in [5.74, 6) is 0. The molecule has 80 valence electrons. The van der Waals surface area contributed by atoms with Crippen molar-refractivity contribution < 1.29 is 5.21 Å². The number of hydrogen-bond acceptors (Lipinski definition) is 2. The summed E-state index contributed by atoms with van der Waals surface area (Å²) < 4.78 is 0. The Hall–Kier alpha value is -1.57. The Labute approximate surface area is 90.9 Å². The number of benzene rings is 1. The molecule has 0 spiro atoms. The van der Waals surface area contributed by atoms with Gasteiger partial charge in [-0.3, -0.25) is 0 Å². The zero-order chi connectivity index (χ0) is 10.9. The van der Waals surface area contributed by atoms with Crippen molar-refractivity contribution in [3.05, 3.63) is 48.6 Å². The summed E-state index contributed by atoms with van der Waals surface area (Å²) in [6, 6.07) is 10.2. The van der Waals surface area contributed by atoms with E-state index in [0.717, 1.165) is 31.4 Å². The van der Waals surface area contributed by atoms with Gasteiger partial charge in [0.05, 0.1) is 5.71 Å². The van der Waals surface area contributed by atoms with Gasteiger partial charge in [0.1, 0.15) is 0 Å². The Morgan fingerprint density at radius 2 is 2.00 bits per heavy atom. The first-order valence-electron chi connectivity index (χ1n) is 5.21. The number of oxime groups is 1. The van der Waals surface area contributed by atoms with E-state index < -0.39 is 0 Å². The summed E-state index contributed by atoms with van der Waals surface area (Å²) in [7, 11) is 0. The highest BCUT2D eigenvalue weighted by Crippen LogP contribution is 2.06. The first-order valence-corrected chi connectivity index (χ1v) is 5.21. The van der Waals surface area contributed by atoms with Gasteiger partial charge in [0.2, 0.25) is 0 Å². The van der Waals surface area contributed by atoms with Crippen molar-refractivity contribution >= 4 is 5.71 Å². The van der Waals surface area contributed by atoms with Gasteiger partial charge in [0, 0.05) is 0 Å². The van der Waals surface area contributed by atoms with Crippen LogP contribution < -0.4 is 0 Å². The molecule has 0 saturated carbocycles. The fourth-order valence-electron chi connectivity index (χ4n) is 1.43.